The van der Waals surface area contributed by atoms with E-state index in [1.54, 1.807) is 0 Å². The lowest BCUT2D eigenvalue weighted by Gasteiger charge is -2.17. The fourth-order valence-electron chi connectivity index (χ4n) is 2.41. The zero-order valence-corrected chi connectivity index (χ0v) is 14.8. The number of aryl methyl sites for hydroxylation is 2. The molecule has 1 aromatic carbocycles. The summed E-state index contributed by atoms with van der Waals surface area (Å²) < 4.78 is 27.4. The summed E-state index contributed by atoms with van der Waals surface area (Å²) in [7, 11) is -2.95. The summed E-state index contributed by atoms with van der Waals surface area (Å²) in [5.41, 5.74) is 5.47. The van der Waals surface area contributed by atoms with Gasteiger partial charge in [-0.3, -0.25) is 4.79 Å². The molecular formula is C16H25NO4S. The summed E-state index contributed by atoms with van der Waals surface area (Å²) in [5, 5.41) is 3.16. The van der Waals surface area contributed by atoms with E-state index in [4.69, 9.17) is 4.74 Å². The predicted octanol–water partition coefficient (Wildman–Crippen LogP) is 1.81. The van der Waals surface area contributed by atoms with Crippen molar-refractivity contribution in [3.05, 3.63) is 33.9 Å². The number of esters is 1. The van der Waals surface area contributed by atoms with Crippen LogP contribution < -0.4 is 5.32 Å². The van der Waals surface area contributed by atoms with E-state index in [0.717, 1.165) is 27.8 Å². The third-order valence-corrected chi connectivity index (χ3v) is 4.61. The van der Waals surface area contributed by atoms with Crippen molar-refractivity contribution in [2.45, 2.75) is 40.8 Å². The largest absolute Gasteiger partial charge is 0.461 e. The van der Waals surface area contributed by atoms with E-state index in [0.29, 0.717) is 13.1 Å². The van der Waals surface area contributed by atoms with E-state index < -0.39 is 9.84 Å². The number of benzene rings is 1. The Balaban J connectivity index is 2.85. The number of ether oxygens (including phenoxy) is 1. The van der Waals surface area contributed by atoms with Crippen LogP contribution >= 0.6 is 0 Å². The molecule has 5 nitrogen and oxygen atoms in total. The molecule has 1 N–H and O–H groups in total. The quantitative estimate of drug-likeness (QED) is 0.611. The van der Waals surface area contributed by atoms with Crippen molar-refractivity contribution in [2.75, 3.05) is 18.6 Å². The van der Waals surface area contributed by atoms with Gasteiger partial charge in [-0.1, -0.05) is 6.07 Å². The number of rotatable bonds is 7. The first-order valence-electron chi connectivity index (χ1n) is 7.22. The Kier molecular flexibility index (Phi) is 6.56. The lowest BCUT2D eigenvalue weighted by atomic mass is 9.93. The summed E-state index contributed by atoms with van der Waals surface area (Å²) in [6.07, 6.45) is 1.23. The number of hydrogen-bond acceptors (Lipinski definition) is 5. The van der Waals surface area contributed by atoms with Crippen molar-refractivity contribution in [1.29, 1.82) is 0 Å². The maximum atomic E-state index is 11.1. The Morgan fingerprint density at radius 1 is 1.18 bits per heavy atom. The smallest absolute Gasteiger partial charge is 0.302 e. The molecule has 0 amide bonds. The van der Waals surface area contributed by atoms with Crippen LogP contribution in [0.5, 0.6) is 0 Å². The van der Waals surface area contributed by atoms with Crippen molar-refractivity contribution in [1.82, 2.24) is 5.32 Å². The zero-order chi connectivity index (χ0) is 16.9. The monoisotopic (exact) mass is 327 g/mol. The van der Waals surface area contributed by atoms with Gasteiger partial charge >= 0.3 is 5.97 Å². The average Bonchev–Trinajstić information content (AvgIpc) is 2.35. The molecule has 0 aromatic heterocycles. The van der Waals surface area contributed by atoms with E-state index in [-0.39, 0.29) is 18.3 Å². The molecule has 0 saturated heterocycles. The zero-order valence-electron chi connectivity index (χ0n) is 13.9. The van der Waals surface area contributed by atoms with Crippen LogP contribution in [0.1, 0.15) is 34.7 Å². The number of hydrogen-bond donors (Lipinski definition) is 1. The molecule has 0 aliphatic rings. The molecule has 0 aliphatic carbocycles. The molecule has 0 saturated carbocycles. The standard InChI is InChI=1S/C16H25NO4S/c1-11-8-12(2)16(10-21-14(4)18)13(3)15(11)9-17-6-7-22(5,19)20/h8,17H,6-7,9-10H2,1-5H3. The lowest BCUT2D eigenvalue weighted by molar-refractivity contribution is -0.142. The van der Waals surface area contributed by atoms with E-state index in [1.807, 2.05) is 20.8 Å². The van der Waals surface area contributed by atoms with Gasteiger partial charge in [-0.25, -0.2) is 8.42 Å². The van der Waals surface area contributed by atoms with Crippen LogP contribution in [-0.2, 0) is 32.5 Å². The van der Waals surface area contributed by atoms with Gasteiger partial charge in [-0.15, -0.1) is 0 Å². The van der Waals surface area contributed by atoms with Gasteiger partial charge in [0.05, 0.1) is 5.75 Å². The van der Waals surface area contributed by atoms with Crippen LogP contribution in [0.3, 0.4) is 0 Å². The number of carbonyl (C=O) groups excluding carboxylic acids is 1. The van der Waals surface area contributed by atoms with Crippen LogP contribution in [-0.4, -0.2) is 32.9 Å². The van der Waals surface area contributed by atoms with Crippen molar-refractivity contribution < 1.29 is 17.9 Å². The molecule has 6 heteroatoms. The van der Waals surface area contributed by atoms with Crippen molar-refractivity contribution in [2.24, 2.45) is 0 Å². The first-order chi connectivity index (χ1) is 10.1. The molecule has 0 fully saturated rings. The summed E-state index contributed by atoms with van der Waals surface area (Å²) >= 11 is 0. The molecule has 1 aromatic rings. The second kappa shape index (κ2) is 7.74. The second-order valence-electron chi connectivity index (χ2n) is 5.68. The van der Waals surface area contributed by atoms with E-state index in [2.05, 4.69) is 11.4 Å². The minimum absolute atomic E-state index is 0.122. The SMILES string of the molecule is CC(=O)OCc1c(C)cc(C)c(CNCCS(C)(=O)=O)c1C. The van der Waals surface area contributed by atoms with E-state index in [9.17, 15) is 13.2 Å². The van der Waals surface area contributed by atoms with Crippen LogP contribution in [0, 0.1) is 20.8 Å². The minimum Gasteiger partial charge on any atom is -0.461 e. The molecule has 0 atom stereocenters. The molecule has 0 unspecified atom stereocenters. The molecule has 0 heterocycles. The maximum Gasteiger partial charge on any atom is 0.302 e. The normalized spacial score (nSPS) is 11.5. The number of sulfone groups is 1. The molecule has 0 radical (unpaired) electrons. The van der Waals surface area contributed by atoms with Gasteiger partial charge in [0.15, 0.2) is 0 Å². The fraction of sp³-hybridized carbons (Fsp3) is 0.562. The third-order valence-electron chi connectivity index (χ3n) is 3.66. The predicted molar refractivity (Wildman–Crippen MR) is 87.5 cm³/mol. The molecule has 22 heavy (non-hydrogen) atoms. The highest BCUT2D eigenvalue weighted by Gasteiger charge is 2.12. The Hall–Kier alpha value is -1.40. The van der Waals surface area contributed by atoms with Crippen LogP contribution in [0.15, 0.2) is 6.07 Å². The maximum absolute atomic E-state index is 11.1. The van der Waals surface area contributed by atoms with Gasteiger partial charge in [0.25, 0.3) is 0 Å². The third kappa shape index (κ3) is 5.77. The number of carbonyl (C=O) groups is 1. The first kappa shape index (κ1) is 18.6. The molecule has 0 bridgehead atoms. The number of nitrogens with one attached hydrogen (secondary N) is 1. The van der Waals surface area contributed by atoms with Crippen LogP contribution in [0.4, 0.5) is 0 Å². The van der Waals surface area contributed by atoms with Crippen molar-refractivity contribution in [3.8, 4) is 0 Å². The Bertz CT molecular complexity index is 651. The second-order valence-corrected chi connectivity index (χ2v) is 7.94. The lowest BCUT2D eigenvalue weighted by Crippen LogP contribution is -2.23. The van der Waals surface area contributed by atoms with E-state index >= 15 is 0 Å². The Morgan fingerprint density at radius 3 is 2.32 bits per heavy atom. The van der Waals surface area contributed by atoms with Gasteiger partial charge in [-0.05, 0) is 48.6 Å². The highest BCUT2D eigenvalue weighted by Crippen LogP contribution is 2.23. The van der Waals surface area contributed by atoms with Crippen LogP contribution in [0.25, 0.3) is 0 Å². The molecular weight excluding hydrogens is 302 g/mol. The van der Waals surface area contributed by atoms with Gasteiger partial charge < -0.3 is 10.1 Å². The van der Waals surface area contributed by atoms with Gasteiger partial charge in [-0.2, -0.15) is 0 Å². The topological polar surface area (TPSA) is 72.5 Å². The van der Waals surface area contributed by atoms with Crippen LogP contribution in [0.2, 0.25) is 0 Å². The van der Waals surface area contributed by atoms with Gasteiger partial charge in [0.2, 0.25) is 0 Å². The molecule has 1 rings (SSSR count). The van der Waals surface area contributed by atoms with Gasteiger partial charge in [0.1, 0.15) is 16.4 Å². The Morgan fingerprint density at radius 2 is 1.77 bits per heavy atom. The molecule has 124 valence electrons. The Labute approximate surface area is 133 Å². The highest BCUT2D eigenvalue weighted by molar-refractivity contribution is 7.90. The highest BCUT2D eigenvalue weighted by atomic mass is 32.2. The molecule has 0 spiro atoms. The van der Waals surface area contributed by atoms with E-state index in [1.165, 1.54) is 13.2 Å². The first-order valence-corrected chi connectivity index (χ1v) is 9.28. The summed E-state index contributed by atoms with van der Waals surface area (Å²) in [6.45, 7) is 8.72. The minimum atomic E-state index is -2.95. The fourth-order valence-corrected chi connectivity index (χ4v) is 2.93. The summed E-state index contributed by atoms with van der Waals surface area (Å²) in [4.78, 5) is 11.0. The summed E-state index contributed by atoms with van der Waals surface area (Å²) in [5.74, 6) is -0.177. The van der Waals surface area contributed by atoms with Crippen molar-refractivity contribution >= 4 is 15.8 Å². The summed E-state index contributed by atoms with van der Waals surface area (Å²) in [6, 6.07) is 2.07. The molecule has 0 aliphatic heterocycles. The average molecular weight is 327 g/mol. The van der Waals surface area contributed by atoms with Gasteiger partial charge in [0, 0.05) is 26.3 Å². The van der Waals surface area contributed by atoms with Crippen molar-refractivity contribution in [3.63, 3.8) is 0 Å².